The molecule has 1 fully saturated rings. The standard InChI is InChI=1S/C20H21N3OS2/c24-18(12-5-1-2-6-12)23-20-17(13-9-10-21-11-16(13)26-20)19-22-14-7-3-4-8-15(14)25-19/h3-4,7-8,12,21H,1-2,5-6,9-11H2,(H,23,24). The minimum atomic E-state index is 0.176. The Hall–Kier alpha value is -1.76. The number of nitrogens with zero attached hydrogens (tertiary/aromatic N) is 1. The zero-order valence-corrected chi connectivity index (χ0v) is 16.1. The zero-order valence-electron chi connectivity index (χ0n) is 14.5. The number of para-hydroxylation sites is 1. The van der Waals surface area contributed by atoms with E-state index >= 15 is 0 Å². The maximum Gasteiger partial charge on any atom is 0.228 e. The van der Waals surface area contributed by atoms with Gasteiger partial charge in [-0.3, -0.25) is 4.79 Å². The summed E-state index contributed by atoms with van der Waals surface area (Å²) >= 11 is 3.45. The first-order valence-corrected chi connectivity index (χ1v) is 10.9. The van der Waals surface area contributed by atoms with Gasteiger partial charge in [-0.25, -0.2) is 4.98 Å². The van der Waals surface area contributed by atoms with Crippen LogP contribution in [0.4, 0.5) is 5.00 Å². The summed E-state index contributed by atoms with van der Waals surface area (Å²) in [6.07, 6.45) is 5.39. The fourth-order valence-electron chi connectivity index (χ4n) is 4.03. The van der Waals surface area contributed by atoms with E-state index in [0.29, 0.717) is 0 Å². The molecule has 0 saturated heterocycles. The van der Waals surface area contributed by atoms with E-state index in [0.717, 1.165) is 47.9 Å². The van der Waals surface area contributed by atoms with E-state index in [4.69, 9.17) is 4.98 Å². The van der Waals surface area contributed by atoms with E-state index in [1.54, 1.807) is 22.7 Å². The van der Waals surface area contributed by atoms with Gasteiger partial charge < -0.3 is 10.6 Å². The fraction of sp³-hybridized carbons (Fsp3) is 0.400. The number of amides is 1. The molecule has 0 radical (unpaired) electrons. The van der Waals surface area contributed by atoms with E-state index in [1.807, 2.05) is 6.07 Å². The minimum absolute atomic E-state index is 0.176. The van der Waals surface area contributed by atoms with Gasteiger partial charge in [0.2, 0.25) is 5.91 Å². The Kier molecular flexibility index (Phi) is 4.27. The molecule has 2 aromatic heterocycles. The van der Waals surface area contributed by atoms with Gasteiger partial charge in [0.25, 0.3) is 0 Å². The molecule has 3 aromatic rings. The summed E-state index contributed by atoms with van der Waals surface area (Å²) in [5.41, 5.74) is 3.57. The van der Waals surface area contributed by atoms with Crippen LogP contribution in [0, 0.1) is 5.92 Å². The number of fused-ring (bicyclic) bond motifs is 2. The average molecular weight is 384 g/mol. The van der Waals surface area contributed by atoms with Gasteiger partial charge in [0, 0.05) is 22.9 Å². The number of carbonyl (C=O) groups is 1. The lowest BCUT2D eigenvalue weighted by atomic mass is 10.0. The summed E-state index contributed by atoms with van der Waals surface area (Å²) in [6, 6.07) is 8.27. The Morgan fingerprint density at radius 2 is 2.04 bits per heavy atom. The summed E-state index contributed by atoms with van der Waals surface area (Å²) in [5, 5.41) is 8.75. The van der Waals surface area contributed by atoms with Gasteiger partial charge in [-0.15, -0.1) is 22.7 Å². The number of hydrogen-bond acceptors (Lipinski definition) is 5. The highest BCUT2D eigenvalue weighted by Crippen LogP contribution is 2.45. The van der Waals surface area contributed by atoms with Crippen molar-refractivity contribution in [2.45, 2.75) is 38.6 Å². The second-order valence-electron chi connectivity index (χ2n) is 7.09. The van der Waals surface area contributed by atoms with Crippen LogP contribution in [0.3, 0.4) is 0 Å². The van der Waals surface area contributed by atoms with E-state index in [2.05, 4.69) is 28.8 Å². The molecule has 0 unspecified atom stereocenters. The molecule has 0 spiro atoms. The second-order valence-corrected chi connectivity index (χ2v) is 9.23. The fourth-order valence-corrected chi connectivity index (χ4v) is 6.36. The molecule has 3 heterocycles. The number of anilines is 1. The molecule has 1 saturated carbocycles. The Morgan fingerprint density at radius 1 is 1.19 bits per heavy atom. The van der Waals surface area contributed by atoms with Gasteiger partial charge in [0.1, 0.15) is 10.0 Å². The van der Waals surface area contributed by atoms with Crippen molar-refractivity contribution in [2.24, 2.45) is 5.92 Å². The number of thiophene rings is 1. The predicted molar refractivity (Wildman–Crippen MR) is 109 cm³/mol. The minimum Gasteiger partial charge on any atom is -0.317 e. The van der Waals surface area contributed by atoms with Crippen molar-refractivity contribution in [3.8, 4) is 10.6 Å². The quantitative estimate of drug-likeness (QED) is 0.683. The summed E-state index contributed by atoms with van der Waals surface area (Å²) in [4.78, 5) is 19.0. The number of aromatic nitrogens is 1. The van der Waals surface area contributed by atoms with E-state index < -0.39 is 0 Å². The van der Waals surface area contributed by atoms with Crippen LogP contribution in [0.5, 0.6) is 0 Å². The van der Waals surface area contributed by atoms with E-state index in [1.165, 1.54) is 33.5 Å². The van der Waals surface area contributed by atoms with Crippen molar-refractivity contribution < 1.29 is 4.79 Å². The number of hydrogen-bond donors (Lipinski definition) is 2. The van der Waals surface area contributed by atoms with Crippen LogP contribution in [-0.2, 0) is 17.8 Å². The largest absolute Gasteiger partial charge is 0.317 e. The van der Waals surface area contributed by atoms with Crippen molar-refractivity contribution in [3.63, 3.8) is 0 Å². The van der Waals surface area contributed by atoms with Gasteiger partial charge in [0.05, 0.1) is 10.2 Å². The molecule has 26 heavy (non-hydrogen) atoms. The van der Waals surface area contributed by atoms with E-state index in [-0.39, 0.29) is 11.8 Å². The summed E-state index contributed by atoms with van der Waals surface area (Å²) in [6.45, 7) is 1.87. The summed E-state index contributed by atoms with van der Waals surface area (Å²) < 4.78 is 1.20. The van der Waals surface area contributed by atoms with Gasteiger partial charge in [0.15, 0.2) is 0 Å². The molecular weight excluding hydrogens is 362 g/mol. The first-order chi connectivity index (χ1) is 12.8. The zero-order chi connectivity index (χ0) is 17.5. The second kappa shape index (κ2) is 6.76. The Balaban J connectivity index is 1.58. The molecule has 4 nitrogen and oxygen atoms in total. The van der Waals surface area contributed by atoms with Gasteiger partial charge in [-0.2, -0.15) is 0 Å². The van der Waals surface area contributed by atoms with Crippen LogP contribution in [0.25, 0.3) is 20.8 Å². The Bertz CT molecular complexity index is 936. The van der Waals surface area contributed by atoms with Gasteiger partial charge in [-0.1, -0.05) is 25.0 Å². The monoisotopic (exact) mass is 383 g/mol. The number of rotatable bonds is 3. The predicted octanol–water partition coefficient (Wildman–Crippen LogP) is 4.80. The first kappa shape index (κ1) is 16.4. The van der Waals surface area contributed by atoms with Gasteiger partial charge >= 0.3 is 0 Å². The summed E-state index contributed by atoms with van der Waals surface area (Å²) in [5.74, 6) is 0.367. The van der Waals surface area contributed by atoms with Crippen LogP contribution in [0.1, 0.15) is 36.1 Å². The van der Waals surface area contributed by atoms with Crippen LogP contribution < -0.4 is 10.6 Å². The maximum atomic E-state index is 12.7. The topological polar surface area (TPSA) is 54.0 Å². The van der Waals surface area contributed by atoms with Crippen LogP contribution in [-0.4, -0.2) is 17.4 Å². The number of benzene rings is 1. The van der Waals surface area contributed by atoms with Crippen molar-refractivity contribution in [3.05, 3.63) is 34.7 Å². The van der Waals surface area contributed by atoms with Crippen molar-refractivity contribution in [1.29, 1.82) is 0 Å². The maximum absolute atomic E-state index is 12.7. The molecule has 1 amide bonds. The van der Waals surface area contributed by atoms with Crippen LogP contribution >= 0.6 is 22.7 Å². The molecule has 6 heteroatoms. The molecule has 0 atom stereocenters. The average Bonchev–Trinajstić information content (AvgIpc) is 3.38. The number of nitrogens with one attached hydrogen (secondary N) is 2. The lowest BCUT2D eigenvalue weighted by Crippen LogP contribution is -2.22. The van der Waals surface area contributed by atoms with Crippen molar-refractivity contribution >= 4 is 43.8 Å². The molecule has 5 rings (SSSR count). The lowest BCUT2D eigenvalue weighted by Gasteiger charge is -2.13. The number of carbonyl (C=O) groups excluding carboxylic acids is 1. The molecule has 2 N–H and O–H groups in total. The smallest absolute Gasteiger partial charge is 0.228 e. The highest BCUT2D eigenvalue weighted by molar-refractivity contribution is 7.22. The highest BCUT2D eigenvalue weighted by atomic mass is 32.1. The molecular formula is C20H21N3OS2. The highest BCUT2D eigenvalue weighted by Gasteiger charge is 2.28. The lowest BCUT2D eigenvalue weighted by molar-refractivity contribution is -0.119. The van der Waals surface area contributed by atoms with Crippen LogP contribution in [0.2, 0.25) is 0 Å². The molecule has 134 valence electrons. The van der Waals surface area contributed by atoms with Crippen LogP contribution in [0.15, 0.2) is 24.3 Å². The third-order valence-corrected chi connectivity index (χ3v) is 7.60. The third kappa shape index (κ3) is 2.86. The number of thiazole rings is 1. The SMILES string of the molecule is O=C(Nc1sc2c(c1-c1nc3ccccc3s1)CCNC2)C1CCCC1. The molecule has 1 aliphatic heterocycles. The van der Waals surface area contributed by atoms with Crippen molar-refractivity contribution in [2.75, 3.05) is 11.9 Å². The molecule has 1 aromatic carbocycles. The Morgan fingerprint density at radius 3 is 2.88 bits per heavy atom. The molecule has 2 aliphatic rings. The summed E-state index contributed by atoms with van der Waals surface area (Å²) in [7, 11) is 0. The normalized spacial score (nSPS) is 17.5. The Labute approximate surface area is 160 Å². The first-order valence-electron chi connectivity index (χ1n) is 9.31. The van der Waals surface area contributed by atoms with E-state index in [9.17, 15) is 4.79 Å². The van der Waals surface area contributed by atoms with Crippen molar-refractivity contribution in [1.82, 2.24) is 10.3 Å². The molecule has 0 bridgehead atoms. The molecule has 1 aliphatic carbocycles. The van der Waals surface area contributed by atoms with Gasteiger partial charge in [-0.05, 0) is 43.5 Å². The third-order valence-electron chi connectivity index (χ3n) is 5.40.